The number of carboxylic acids is 2. The first-order chi connectivity index (χ1) is 30.4. The van der Waals surface area contributed by atoms with E-state index < -0.39 is 23.9 Å². The molecule has 0 saturated carbocycles. The predicted octanol–water partition coefficient (Wildman–Crippen LogP) is 5.20. The summed E-state index contributed by atoms with van der Waals surface area (Å²) in [5.41, 5.74) is 0. The van der Waals surface area contributed by atoms with E-state index in [1.165, 1.54) is 64.2 Å². The summed E-state index contributed by atoms with van der Waals surface area (Å²) in [7, 11) is 0. The molecular weight excluding hydrogens is 817 g/mol. The third kappa shape index (κ3) is 33.5. The monoisotopic (exact) mass is 899 g/mol. The highest BCUT2D eigenvalue weighted by molar-refractivity contribution is 5.86. The van der Waals surface area contributed by atoms with Crippen LogP contribution in [0, 0.1) is 11.8 Å². The number of carbonyl (C=O) groups excluding carboxylic acids is 5. The number of carboxylic acid groups (broad SMARTS) is 2. The number of nitrogens with one attached hydrogen (secondary N) is 3. The van der Waals surface area contributed by atoms with Gasteiger partial charge >= 0.3 is 11.9 Å². The molecule has 364 valence electrons. The van der Waals surface area contributed by atoms with Crippen LogP contribution >= 0.6 is 0 Å². The number of nitrogens with zero attached hydrogens (tertiary/aromatic N) is 1. The summed E-state index contributed by atoms with van der Waals surface area (Å²) >= 11 is 0. The SMILES string of the molecule is CC(C)C(=O)COCCOCCNC(=O)COCCOCCNC(=O)CCC(NC(=O)C1CCN(C(=O)CCCCCCCCCCCCCCCCCCC(=O)O)CC1)C(=O)O. The molecule has 1 heterocycles. The zero-order chi connectivity index (χ0) is 46.3. The number of amides is 4. The molecule has 1 fully saturated rings. The molecule has 0 bridgehead atoms. The minimum atomic E-state index is -1.21. The van der Waals surface area contributed by atoms with Crippen molar-refractivity contribution in [1.29, 1.82) is 0 Å². The van der Waals surface area contributed by atoms with Gasteiger partial charge < -0.3 is 50.0 Å². The Hall–Kier alpha value is -3.67. The summed E-state index contributed by atoms with van der Waals surface area (Å²) < 4.78 is 21.3. The van der Waals surface area contributed by atoms with Crippen LogP contribution in [0.5, 0.6) is 0 Å². The summed E-state index contributed by atoms with van der Waals surface area (Å²) in [4.78, 5) is 85.6. The Kier molecular flexibility index (Phi) is 35.3. The van der Waals surface area contributed by atoms with Crippen LogP contribution in [-0.2, 0) is 52.5 Å². The van der Waals surface area contributed by atoms with Gasteiger partial charge in [0.1, 0.15) is 19.3 Å². The second kappa shape index (κ2) is 38.8. The van der Waals surface area contributed by atoms with Crippen LogP contribution < -0.4 is 16.0 Å². The van der Waals surface area contributed by atoms with E-state index in [1.54, 1.807) is 0 Å². The molecule has 1 saturated heterocycles. The highest BCUT2D eigenvalue weighted by Gasteiger charge is 2.30. The zero-order valence-corrected chi connectivity index (χ0v) is 38.6. The third-order valence-electron chi connectivity index (χ3n) is 11.0. The van der Waals surface area contributed by atoms with Gasteiger partial charge in [0.25, 0.3) is 0 Å². The van der Waals surface area contributed by atoms with Crippen LogP contribution in [-0.4, -0.2) is 142 Å². The van der Waals surface area contributed by atoms with Crippen LogP contribution in [0.25, 0.3) is 0 Å². The number of aliphatic carboxylic acids is 2. The molecule has 1 rings (SSSR count). The van der Waals surface area contributed by atoms with Gasteiger partial charge in [0.15, 0.2) is 5.78 Å². The number of ether oxygens (including phenoxy) is 4. The number of ketones is 1. The van der Waals surface area contributed by atoms with E-state index in [4.69, 9.17) is 24.1 Å². The Morgan fingerprint density at radius 1 is 0.556 bits per heavy atom. The van der Waals surface area contributed by atoms with Gasteiger partial charge in [-0.25, -0.2) is 4.79 Å². The van der Waals surface area contributed by atoms with Crippen molar-refractivity contribution in [1.82, 2.24) is 20.9 Å². The Labute approximate surface area is 376 Å². The van der Waals surface area contributed by atoms with Gasteiger partial charge in [-0.15, -0.1) is 0 Å². The average molecular weight is 899 g/mol. The molecule has 0 aliphatic carbocycles. The number of carbonyl (C=O) groups is 7. The fraction of sp³-hybridized carbons (Fsp3) is 0.848. The largest absolute Gasteiger partial charge is 0.481 e. The molecule has 4 amide bonds. The molecule has 0 spiro atoms. The van der Waals surface area contributed by atoms with Gasteiger partial charge in [-0.1, -0.05) is 104 Å². The lowest BCUT2D eigenvalue weighted by atomic mass is 9.95. The van der Waals surface area contributed by atoms with Crippen molar-refractivity contribution in [3.05, 3.63) is 0 Å². The molecule has 0 aromatic heterocycles. The van der Waals surface area contributed by atoms with Crippen molar-refractivity contribution in [2.45, 2.75) is 161 Å². The summed E-state index contributed by atoms with van der Waals surface area (Å²) in [6.45, 7) is 6.46. The molecule has 0 aromatic carbocycles. The van der Waals surface area contributed by atoms with E-state index in [-0.39, 0.29) is 94.2 Å². The number of hydrogen-bond acceptors (Lipinski definition) is 11. The molecular formula is C46H82N4O13. The van der Waals surface area contributed by atoms with E-state index >= 15 is 0 Å². The molecule has 17 heteroatoms. The maximum atomic E-state index is 12.9. The molecule has 1 atom stereocenters. The first-order valence-corrected chi connectivity index (χ1v) is 23.8. The second-order valence-corrected chi connectivity index (χ2v) is 16.8. The minimum Gasteiger partial charge on any atom is -0.481 e. The predicted molar refractivity (Wildman–Crippen MR) is 238 cm³/mol. The Balaban J connectivity index is 2.01. The van der Waals surface area contributed by atoms with Gasteiger partial charge in [0.05, 0.1) is 39.6 Å². The first kappa shape index (κ1) is 57.3. The molecule has 17 nitrogen and oxygen atoms in total. The second-order valence-electron chi connectivity index (χ2n) is 16.8. The number of hydrogen-bond donors (Lipinski definition) is 5. The maximum absolute atomic E-state index is 12.9. The van der Waals surface area contributed by atoms with Crippen molar-refractivity contribution in [2.75, 3.05) is 79.0 Å². The number of Topliss-reactive ketones (excluding diaryl/α,β-unsaturated/α-hetero) is 1. The Morgan fingerprint density at radius 2 is 1.00 bits per heavy atom. The van der Waals surface area contributed by atoms with Crippen LogP contribution in [0.3, 0.4) is 0 Å². The molecule has 1 aliphatic heterocycles. The fourth-order valence-corrected chi connectivity index (χ4v) is 7.01. The molecule has 5 N–H and O–H groups in total. The molecule has 0 radical (unpaired) electrons. The standard InChI is InChI=1S/C46H82N4O13/c1-37(2)40(51)35-62-33-31-61-30-26-48-42(53)36-63-34-32-60-29-25-47-41(52)22-21-39(46(58)59)49-45(57)38-23-27-50(28-24-38)43(54)19-17-15-13-11-9-7-5-3-4-6-8-10-12-14-16-18-20-44(55)56/h37-39H,3-36H2,1-2H3,(H,47,52)(H,48,53)(H,49,57)(H,55,56)(H,58,59). The van der Waals surface area contributed by atoms with E-state index in [2.05, 4.69) is 16.0 Å². The third-order valence-corrected chi connectivity index (χ3v) is 11.0. The van der Waals surface area contributed by atoms with Gasteiger partial charge in [-0.2, -0.15) is 0 Å². The fourth-order valence-electron chi connectivity index (χ4n) is 7.01. The molecule has 0 aromatic rings. The van der Waals surface area contributed by atoms with Crippen LogP contribution in [0.1, 0.15) is 155 Å². The lowest BCUT2D eigenvalue weighted by Crippen LogP contribution is -2.47. The van der Waals surface area contributed by atoms with Crippen molar-refractivity contribution >= 4 is 41.4 Å². The minimum absolute atomic E-state index is 0.0338. The normalized spacial score (nSPS) is 13.5. The topological polar surface area (TPSA) is 236 Å². The van der Waals surface area contributed by atoms with Crippen molar-refractivity contribution in [2.24, 2.45) is 11.8 Å². The number of unbranched alkanes of at least 4 members (excludes halogenated alkanes) is 15. The lowest BCUT2D eigenvalue weighted by Gasteiger charge is -2.32. The zero-order valence-electron chi connectivity index (χ0n) is 38.6. The van der Waals surface area contributed by atoms with E-state index in [9.17, 15) is 38.7 Å². The van der Waals surface area contributed by atoms with Crippen molar-refractivity contribution in [3.63, 3.8) is 0 Å². The van der Waals surface area contributed by atoms with E-state index in [0.29, 0.717) is 58.7 Å². The van der Waals surface area contributed by atoms with Gasteiger partial charge in [0, 0.05) is 57.3 Å². The maximum Gasteiger partial charge on any atom is 0.326 e. The Morgan fingerprint density at radius 3 is 1.48 bits per heavy atom. The number of rotatable bonds is 42. The van der Waals surface area contributed by atoms with E-state index in [1.807, 2.05) is 18.7 Å². The molecule has 63 heavy (non-hydrogen) atoms. The lowest BCUT2D eigenvalue weighted by molar-refractivity contribution is -0.143. The van der Waals surface area contributed by atoms with Gasteiger partial charge in [-0.05, 0) is 32.1 Å². The Bertz CT molecular complexity index is 1280. The highest BCUT2D eigenvalue weighted by Crippen LogP contribution is 2.20. The van der Waals surface area contributed by atoms with Crippen molar-refractivity contribution in [3.8, 4) is 0 Å². The molecule has 1 aliphatic rings. The molecule has 1 unspecified atom stereocenters. The quantitative estimate of drug-likeness (QED) is 0.0496. The van der Waals surface area contributed by atoms with Gasteiger partial charge in [0.2, 0.25) is 23.6 Å². The smallest absolute Gasteiger partial charge is 0.326 e. The van der Waals surface area contributed by atoms with Crippen molar-refractivity contribution < 1.29 is 62.7 Å². The first-order valence-electron chi connectivity index (χ1n) is 23.8. The van der Waals surface area contributed by atoms with Crippen LogP contribution in [0.15, 0.2) is 0 Å². The van der Waals surface area contributed by atoms with Crippen LogP contribution in [0.4, 0.5) is 0 Å². The van der Waals surface area contributed by atoms with Crippen LogP contribution in [0.2, 0.25) is 0 Å². The summed E-state index contributed by atoms with van der Waals surface area (Å²) in [6.07, 6.45) is 20.1. The van der Waals surface area contributed by atoms with Gasteiger partial charge in [-0.3, -0.25) is 28.8 Å². The summed E-state index contributed by atoms with van der Waals surface area (Å²) in [6, 6.07) is -1.20. The number of likely N-dealkylation sites (tertiary alicyclic amines) is 1. The summed E-state index contributed by atoms with van der Waals surface area (Å²) in [5, 5.41) is 26.3. The average Bonchev–Trinajstić information content (AvgIpc) is 3.25. The summed E-state index contributed by atoms with van der Waals surface area (Å²) in [5.74, 6) is -3.27. The van der Waals surface area contributed by atoms with E-state index in [0.717, 1.165) is 38.5 Å². The number of piperidine rings is 1. The highest BCUT2D eigenvalue weighted by atomic mass is 16.5.